The molecule has 12 heavy (non-hydrogen) atoms. The lowest BCUT2D eigenvalue weighted by atomic mass is 10.3. The first-order chi connectivity index (χ1) is 5.56. The molecule has 1 amide bonds. The van der Waals surface area contributed by atoms with E-state index in [2.05, 4.69) is 10.1 Å². The average Bonchev–Trinajstić information content (AvgIpc) is 1.84. The summed E-state index contributed by atoms with van der Waals surface area (Å²) in [5.74, 6) is -0.107. The number of rotatable bonds is 3. The average molecular weight is 171 g/mol. The van der Waals surface area contributed by atoms with E-state index in [0.717, 1.165) is 0 Å². The minimum atomic E-state index is -0.535. The Morgan fingerprint density at radius 1 is 1.42 bits per heavy atom. The van der Waals surface area contributed by atoms with Gasteiger partial charge in [0.15, 0.2) is 5.78 Å². The predicted octanol–water partition coefficient (Wildman–Crippen LogP) is 1.23. The molecule has 0 spiro atoms. The van der Waals surface area contributed by atoms with Gasteiger partial charge in [-0.1, -0.05) is 0 Å². The summed E-state index contributed by atoms with van der Waals surface area (Å²) in [5.41, 5.74) is 0.487. The third kappa shape index (κ3) is 5.46. The van der Waals surface area contributed by atoms with Crippen LogP contribution < -0.4 is 5.32 Å². The fraction of sp³-hybridized carbons (Fsp3) is 0.500. The van der Waals surface area contributed by atoms with E-state index in [-0.39, 0.29) is 5.78 Å². The third-order valence-electron chi connectivity index (χ3n) is 0.994. The van der Waals surface area contributed by atoms with Crippen LogP contribution in [0.2, 0.25) is 0 Å². The molecule has 68 valence electrons. The fourth-order valence-corrected chi connectivity index (χ4v) is 0.669. The van der Waals surface area contributed by atoms with E-state index in [1.165, 1.54) is 13.0 Å². The molecule has 0 saturated heterocycles. The second-order valence-corrected chi connectivity index (χ2v) is 2.28. The van der Waals surface area contributed by atoms with Gasteiger partial charge in [-0.05, 0) is 26.8 Å². The van der Waals surface area contributed by atoms with E-state index in [4.69, 9.17) is 0 Å². The fourth-order valence-electron chi connectivity index (χ4n) is 0.669. The standard InChI is InChI=1S/C8H13NO3/c1-4-12-8(11)9-6(2)5-7(3)10/h5H,4H2,1-3H3,(H,9,11)/b6-5-. The van der Waals surface area contributed by atoms with Crippen molar-refractivity contribution in [1.82, 2.24) is 5.32 Å². The number of ketones is 1. The Morgan fingerprint density at radius 3 is 2.42 bits per heavy atom. The van der Waals surface area contributed by atoms with Gasteiger partial charge in [-0.3, -0.25) is 10.1 Å². The van der Waals surface area contributed by atoms with Crippen LogP contribution in [-0.4, -0.2) is 18.5 Å². The van der Waals surface area contributed by atoms with Crippen LogP contribution in [0.3, 0.4) is 0 Å². The van der Waals surface area contributed by atoms with E-state index in [1.807, 2.05) is 0 Å². The molecule has 0 radical (unpaired) electrons. The summed E-state index contributed by atoms with van der Waals surface area (Å²) in [4.78, 5) is 21.3. The number of amides is 1. The van der Waals surface area contributed by atoms with Gasteiger partial charge in [-0.15, -0.1) is 0 Å². The molecule has 0 aromatic heterocycles. The maximum atomic E-state index is 10.7. The lowest BCUT2D eigenvalue weighted by Gasteiger charge is -2.03. The van der Waals surface area contributed by atoms with Crippen LogP contribution in [0.1, 0.15) is 20.8 Å². The Balaban J connectivity index is 3.91. The van der Waals surface area contributed by atoms with Crippen molar-refractivity contribution in [3.63, 3.8) is 0 Å². The Hall–Kier alpha value is -1.32. The van der Waals surface area contributed by atoms with E-state index in [9.17, 15) is 9.59 Å². The molecular formula is C8H13NO3. The van der Waals surface area contributed by atoms with Gasteiger partial charge in [0.1, 0.15) is 0 Å². The first kappa shape index (κ1) is 10.7. The maximum absolute atomic E-state index is 10.7. The normalized spacial score (nSPS) is 10.8. The first-order valence-electron chi connectivity index (χ1n) is 3.69. The molecule has 0 bridgehead atoms. The molecule has 4 heteroatoms. The SMILES string of the molecule is CCOC(=O)N/C(C)=C\C(C)=O. The van der Waals surface area contributed by atoms with Crippen LogP contribution in [0, 0.1) is 0 Å². The zero-order valence-corrected chi connectivity index (χ0v) is 7.51. The molecule has 0 unspecified atom stereocenters. The Labute approximate surface area is 71.6 Å². The highest BCUT2D eigenvalue weighted by atomic mass is 16.5. The molecule has 0 saturated carbocycles. The summed E-state index contributed by atoms with van der Waals surface area (Å²) < 4.78 is 4.59. The van der Waals surface area contributed by atoms with Crippen molar-refractivity contribution < 1.29 is 14.3 Å². The van der Waals surface area contributed by atoms with Crippen molar-refractivity contribution in [3.8, 4) is 0 Å². The Bertz CT molecular complexity index is 208. The van der Waals surface area contributed by atoms with Crippen LogP contribution in [0.25, 0.3) is 0 Å². The number of ether oxygens (including phenoxy) is 1. The van der Waals surface area contributed by atoms with E-state index < -0.39 is 6.09 Å². The number of carbonyl (C=O) groups is 2. The van der Waals surface area contributed by atoms with E-state index in [1.54, 1.807) is 13.8 Å². The minimum absolute atomic E-state index is 0.107. The van der Waals surface area contributed by atoms with Crippen LogP contribution in [0.15, 0.2) is 11.8 Å². The quantitative estimate of drug-likeness (QED) is 0.649. The van der Waals surface area contributed by atoms with Gasteiger partial charge in [0, 0.05) is 5.70 Å². The third-order valence-corrected chi connectivity index (χ3v) is 0.994. The highest BCUT2D eigenvalue weighted by Crippen LogP contribution is 1.88. The second-order valence-electron chi connectivity index (χ2n) is 2.28. The van der Waals surface area contributed by atoms with Gasteiger partial charge in [-0.25, -0.2) is 4.79 Å². The summed E-state index contributed by atoms with van der Waals surface area (Å²) in [6.07, 6.45) is 0.796. The van der Waals surface area contributed by atoms with Gasteiger partial charge >= 0.3 is 6.09 Å². The monoisotopic (exact) mass is 171 g/mol. The molecule has 0 heterocycles. The second kappa shape index (κ2) is 5.35. The van der Waals surface area contributed by atoms with Crippen LogP contribution in [0.4, 0.5) is 4.79 Å². The van der Waals surface area contributed by atoms with E-state index in [0.29, 0.717) is 12.3 Å². The summed E-state index contributed by atoms with van der Waals surface area (Å²) in [5, 5.41) is 2.39. The van der Waals surface area contributed by atoms with Crippen LogP contribution >= 0.6 is 0 Å². The molecule has 1 N–H and O–H groups in total. The summed E-state index contributed by atoms with van der Waals surface area (Å²) >= 11 is 0. The molecular weight excluding hydrogens is 158 g/mol. The van der Waals surface area contributed by atoms with Gasteiger partial charge in [0.25, 0.3) is 0 Å². The topological polar surface area (TPSA) is 55.4 Å². The Morgan fingerprint density at radius 2 is 2.00 bits per heavy atom. The number of hydrogen-bond acceptors (Lipinski definition) is 3. The number of allylic oxidation sites excluding steroid dienone is 2. The highest BCUT2D eigenvalue weighted by molar-refractivity contribution is 5.88. The van der Waals surface area contributed by atoms with Gasteiger partial charge in [-0.2, -0.15) is 0 Å². The van der Waals surface area contributed by atoms with Crippen molar-refractivity contribution in [2.24, 2.45) is 0 Å². The zero-order valence-electron chi connectivity index (χ0n) is 7.51. The van der Waals surface area contributed by atoms with Crippen molar-refractivity contribution >= 4 is 11.9 Å². The minimum Gasteiger partial charge on any atom is -0.450 e. The smallest absolute Gasteiger partial charge is 0.411 e. The van der Waals surface area contributed by atoms with Crippen molar-refractivity contribution in [1.29, 1.82) is 0 Å². The maximum Gasteiger partial charge on any atom is 0.411 e. The van der Waals surface area contributed by atoms with Gasteiger partial charge in [0.05, 0.1) is 6.61 Å². The van der Waals surface area contributed by atoms with Crippen LogP contribution in [-0.2, 0) is 9.53 Å². The van der Waals surface area contributed by atoms with Crippen molar-refractivity contribution in [2.45, 2.75) is 20.8 Å². The Kier molecular flexibility index (Phi) is 4.76. The largest absolute Gasteiger partial charge is 0.450 e. The molecule has 4 nitrogen and oxygen atoms in total. The van der Waals surface area contributed by atoms with Gasteiger partial charge < -0.3 is 4.74 Å². The summed E-state index contributed by atoms with van der Waals surface area (Å²) in [7, 11) is 0. The lowest BCUT2D eigenvalue weighted by molar-refractivity contribution is -0.112. The molecule has 0 aromatic rings. The highest BCUT2D eigenvalue weighted by Gasteiger charge is 1.99. The van der Waals surface area contributed by atoms with Crippen molar-refractivity contribution in [2.75, 3.05) is 6.61 Å². The number of carbonyl (C=O) groups excluding carboxylic acids is 2. The molecule has 0 atom stereocenters. The molecule has 0 aromatic carbocycles. The number of nitrogens with one attached hydrogen (secondary N) is 1. The van der Waals surface area contributed by atoms with E-state index >= 15 is 0 Å². The molecule has 0 aliphatic carbocycles. The predicted molar refractivity (Wildman–Crippen MR) is 44.6 cm³/mol. The number of hydrogen-bond donors (Lipinski definition) is 1. The molecule has 0 aliphatic rings. The first-order valence-corrected chi connectivity index (χ1v) is 3.69. The molecule has 0 aliphatic heterocycles. The summed E-state index contributed by atoms with van der Waals surface area (Å²) in [6, 6.07) is 0. The van der Waals surface area contributed by atoms with Crippen LogP contribution in [0.5, 0.6) is 0 Å². The molecule has 0 rings (SSSR count). The molecule has 0 fully saturated rings. The lowest BCUT2D eigenvalue weighted by Crippen LogP contribution is -2.22. The summed E-state index contributed by atoms with van der Waals surface area (Å²) in [6.45, 7) is 5.07. The zero-order chi connectivity index (χ0) is 9.56. The van der Waals surface area contributed by atoms with Gasteiger partial charge in [0.2, 0.25) is 0 Å². The van der Waals surface area contributed by atoms with Crippen molar-refractivity contribution in [3.05, 3.63) is 11.8 Å². The number of alkyl carbamates (subject to hydrolysis) is 1.